The highest BCUT2D eigenvalue weighted by atomic mass is 16.3. The van der Waals surface area contributed by atoms with Crippen molar-refractivity contribution in [3.05, 3.63) is 243 Å². The fourth-order valence-electron chi connectivity index (χ4n) is 9.74. The van der Waals surface area contributed by atoms with Crippen LogP contribution >= 0.6 is 0 Å². The summed E-state index contributed by atoms with van der Waals surface area (Å²) in [5.41, 5.74) is 14.6. The van der Waals surface area contributed by atoms with Crippen LogP contribution in [0, 0.1) is 0 Å². The summed E-state index contributed by atoms with van der Waals surface area (Å²) in [5, 5.41) is 8.70. The maximum absolute atomic E-state index is 6.71. The van der Waals surface area contributed by atoms with Gasteiger partial charge in [0.25, 0.3) is 0 Å². The number of anilines is 6. The molecule has 11 aromatic carbocycles. The number of nitrogens with zero attached hydrogens (tertiary/aromatic N) is 2. The van der Waals surface area contributed by atoms with Crippen LogP contribution in [0.3, 0.4) is 0 Å². The molecule has 0 amide bonds. The van der Waals surface area contributed by atoms with Crippen LogP contribution in [0.2, 0.25) is 0 Å². The van der Waals surface area contributed by atoms with Crippen molar-refractivity contribution >= 4 is 99.5 Å². The van der Waals surface area contributed by atoms with Crippen molar-refractivity contribution in [2.45, 2.75) is 0 Å². The molecule has 0 radical (unpaired) electrons. The lowest BCUT2D eigenvalue weighted by molar-refractivity contribution is 0.664. The van der Waals surface area contributed by atoms with E-state index in [4.69, 9.17) is 8.83 Å². The van der Waals surface area contributed by atoms with Crippen molar-refractivity contribution < 1.29 is 8.83 Å². The number of hydrogen-bond donors (Lipinski definition) is 0. The minimum Gasteiger partial charge on any atom is -0.456 e. The first-order valence-corrected chi connectivity index (χ1v) is 22.4. The van der Waals surface area contributed by atoms with Gasteiger partial charge in [-0.15, -0.1) is 0 Å². The molecule has 4 heteroatoms. The monoisotopic (exact) mass is 844 g/mol. The third kappa shape index (κ3) is 6.55. The van der Waals surface area contributed by atoms with Gasteiger partial charge in [0.2, 0.25) is 0 Å². The van der Waals surface area contributed by atoms with Crippen LogP contribution in [0.25, 0.3) is 87.7 Å². The maximum Gasteiger partial charge on any atom is 0.136 e. The predicted molar refractivity (Wildman–Crippen MR) is 276 cm³/mol. The van der Waals surface area contributed by atoms with Gasteiger partial charge in [-0.2, -0.15) is 0 Å². The Morgan fingerprint density at radius 1 is 0.212 bits per heavy atom. The highest BCUT2D eigenvalue weighted by Crippen LogP contribution is 2.43. The summed E-state index contributed by atoms with van der Waals surface area (Å²) in [6.07, 6.45) is 0. The minimum absolute atomic E-state index is 0.839. The van der Waals surface area contributed by atoms with Crippen LogP contribution in [0.1, 0.15) is 0 Å². The normalized spacial score (nSPS) is 11.6. The van der Waals surface area contributed by atoms with Crippen LogP contribution < -0.4 is 9.80 Å². The largest absolute Gasteiger partial charge is 0.456 e. The highest BCUT2D eigenvalue weighted by molar-refractivity contribution is 6.18. The van der Waals surface area contributed by atoms with Crippen molar-refractivity contribution in [1.29, 1.82) is 0 Å². The summed E-state index contributed by atoms with van der Waals surface area (Å²) < 4.78 is 13.4. The molecule has 0 fully saturated rings. The summed E-state index contributed by atoms with van der Waals surface area (Å²) in [4.78, 5) is 4.64. The second-order valence-corrected chi connectivity index (χ2v) is 17.0. The van der Waals surface area contributed by atoms with Crippen molar-refractivity contribution in [1.82, 2.24) is 0 Å². The summed E-state index contributed by atoms with van der Waals surface area (Å²) >= 11 is 0. The minimum atomic E-state index is 0.839. The maximum atomic E-state index is 6.71. The van der Waals surface area contributed by atoms with Gasteiger partial charge in [-0.05, 0) is 153 Å². The Balaban J connectivity index is 0.882. The van der Waals surface area contributed by atoms with Gasteiger partial charge >= 0.3 is 0 Å². The smallest absolute Gasteiger partial charge is 0.136 e. The molecule has 13 rings (SSSR count). The second kappa shape index (κ2) is 15.4. The molecule has 0 aliphatic rings. The van der Waals surface area contributed by atoms with Gasteiger partial charge in [0.1, 0.15) is 22.3 Å². The zero-order chi connectivity index (χ0) is 43.6. The molecule has 0 atom stereocenters. The first-order valence-electron chi connectivity index (χ1n) is 22.4. The first kappa shape index (κ1) is 37.7. The lowest BCUT2D eigenvalue weighted by Gasteiger charge is -2.26. The van der Waals surface area contributed by atoms with E-state index in [0.29, 0.717) is 0 Å². The number of furan rings is 2. The van der Waals surface area contributed by atoms with Gasteiger partial charge < -0.3 is 18.6 Å². The molecule has 310 valence electrons. The standard InChI is InChI=1S/C62H40N2O2/c1-5-15-41(16-6-1)43-19-13-25-51(31-43)63(49-21-9-3-10-22-49)53-29-27-45-35-55-57-39-62-58(40-61(57)65-59(55)37-47(45)33-53)56-36-46-28-30-54(34-48(46)38-60(56)66-62)64(50-23-11-4-12-24-50)52-26-14-20-44(32-52)42-17-7-2-8-18-42/h1-40H. The Kier molecular flexibility index (Phi) is 8.81. The van der Waals surface area contributed by atoms with Crippen molar-refractivity contribution in [3.63, 3.8) is 0 Å². The van der Waals surface area contributed by atoms with Gasteiger partial charge in [0.15, 0.2) is 0 Å². The Morgan fingerprint density at radius 3 is 0.970 bits per heavy atom. The Labute approximate surface area is 381 Å². The Morgan fingerprint density at radius 2 is 0.545 bits per heavy atom. The molecule has 0 aliphatic heterocycles. The van der Waals surface area contributed by atoms with E-state index in [1.807, 2.05) is 0 Å². The number of benzene rings is 11. The Bertz CT molecular complexity index is 3670. The molecule has 13 aromatic rings. The van der Waals surface area contributed by atoms with E-state index < -0.39 is 0 Å². The number of rotatable bonds is 8. The molecule has 2 heterocycles. The SMILES string of the molecule is c1ccc(-c2cccc(N(c3ccccc3)c3ccc4cc5c(cc4c3)oc3cc4c(cc35)oc3cc5cc(N(c6ccccc6)c6cccc(-c7ccccc7)c6)ccc5cc34)c2)cc1. The zero-order valence-electron chi connectivity index (χ0n) is 35.8. The summed E-state index contributed by atoms with van der Waals surface area (Å²) in [7, 11) is 0. The van der Waals surface area contributed by atoms with Crippen molar-refractivity contribution in [2.75, 3.05) is 9.80 Å². The van der Waals surface area contributed by atoms with Gasteiger partial charge in [-0.3, -0.25) is 0 Å². The quantitative estimate of drug-likeness (QED) is 0.153. The first-order chi connectivity index (χ1) is 32.7. The van der Waals surface area contributed by atoms with Crippen molar-refractivity contribution in [2.24, 2.45) is 0 Å². The van der Waals surface area contributed by atoms with E-state index >= 15 is 0 Å². The molecular weight excluding hydrogens is 805 g/mol. The number of fused-ring (bicyclic) bond motifs is 8. The summed E-state index contributed by atoms with van der Waals surface area (Å²) in [6.45, 7) is 0. The lowest BCUT2D eigenvalue weighted by Crippen LogP contribution is -2.09. The van der Waals surface area contributed by atoms with E-state index in [9.17, 15) is 0 Å². The van der Waals surface area contributed by atoms with Crippen LogP contribution in [0.5, 0.6) is 0 Å². The molecule has 0 saturated heterocycles. The molecule has 0 N–H and O–H groups in total. The van der Waals surface area contributed by atoms with Crippen LogP contribution in [0.4, 0.5) is 34.1 Å². The lowest BCUT2D eigenvalue weighted by atomic mass is 10.0. The second-order valence-electron chi connectivity index (χ2n) is 17.0. The molecule has 66 heavy (non-hydrogen) atoms. The van der Waals surface area contributed by atoms with Gasteiger partial charge in [0, 0.05) is 55.7 Å². The molecule has 0 bridgehead atoms. The number of para-hydroxylation sites is 2. The van der Waals surface area contributed by atoms with Gasteiger partial charge in [0.05, 0.1) is 0 Å². The van der Waals surface area contributed by atoms with Crippen LogP contribution in [-0.2, 0) is 0 Å². The number of hydrogen-bond acceptors (Lipinski definition) is 4. The van der Waals surface area contributed by atoms with Gasteiger partial charge in [-0.25, -0.2) is 0 Å². The third-order valence-electron chi connectivity index (χ3n) is 12.9. The van der Waals surface area contributed by atoms with E-state index in [1.165, 1.54) is 22.3 Å². The molecule has 0 aliphatic carbocycles. The molecule has 2 aromatic heterocycles. The highest BCUT2D eigenvalue weighted by Gasteiger charge is 2.19. The fraction of sp³-hybridized carbons (Fsp3) is 0. The summed E-state index contributed by atoms with van der Waals surface area (Å²) in [5.74, 6) is 0. The molecule has 0 unspecified atom stereocenters. The van der Waals surface area contributed by atoms with Gasteiger partial charge in [-0.1, -0.05) is 133 Å². The third-order valence-corrected chi connectivity index (χ3v) is 12.9. The van der Waals surface area contributed by atoms with E-state index in [0.717, 1.165) is 99.5 Å². The Hall–Kier alpha value is -8.86. The van der Waals surface area contributed by atoms with E-state index in [-0.39, 0.29) is 0 Å². The topological polar surface area (TPSA) is 32.8 Å². The van der Waals surface area contributed by atoms with E-state index in [2.05, 4.69) is 252 Å². The average molecular weight is 845 g/mol. The van der Waals surface area contributed by atoms with Crippen LogP contribution in [0.15, 0.2) is 251 Å². The zero-order valence-corrected chi connectivity index (χ0v) is 35.8. The predicted octanol–water partition coefficient (Wildman–Crippen LogP) is 18.1. The molecule has 0 spiro atoms. The van der Waals surface area contributed by atoms with Crippen molar-refractivity contribution in [3.8, 4) is 22.3 Å². The molecular formula is C62H40N2O2. The van der Waals surface area contributed by atoms with E-state index in [1.54, 1.807) is 0 Å². The van der Waals surface area contributed by atoms with Crippen LogP contribution in [-0.4, -0.2) is 0 Å². The molecule has 0 saturated carbocycles. The molecule has 4 nitrogen and oxygen atoms in total. The fourth-order valence-corrected chi connectivity index (χ4v) is 9.74. The summed E-state index contributed by atoms with van der Waals surface area (Å²) in [6, 6.07) is 86.3. The average Bonchev–Trinajstić information content (AvgIpc) is 3.91.